The van der Waals surface area contributed by atoms with E-state index in [9.17, 15) is 0 Å². The summed E-state index contributed by atoms with van der Waals surface area (Å²) < 4.78 is 24.0. The van der Waals surface area contributed by atoms with Gasteiger partial charge in [-0.3, -0.25) is 4.90 Å². The van der Waals surface area contributed by atoms with E-state index in [1.165, 1.54) is 21.9 Å². The Kier molecular flexibility index (Phi) is 5.07. The highest BCUT2D eigenvalue weighted by Gasteiger charge is 2.43. The van der Waals surface area contributed by atoms with Crippen LogP contribution in [0.15, 0.2) is 72.8 Å². The minimum Gasteiger partial charge on any atom is -0.493 e. The third kappa shape index (κ3) is 3.04. The van der Waals surface area contributed by atoms with Crippen molar-refractivity contribution in [3.8, 4) is 23.0 Å². The molecular formula is C29H27NO4. The first-order chi connectivity index (χ1) is 16.7. The van der Waals surface area contributed by atoms with Gasteiger partial charge in [-0.2, -0.15) is 0 Å². The summed E-state index contributed by atoms with van der Waals surface area (Å²) in [4.78, 5) is 2.45. The molecule has 0 saturated heterocycles. The smallest absolute Gasteiger partial charge is 0.203 e. The van der Waals surface area contributed by atoms with E-state index in [2.05, 4.69) is 71.6 Å². The predicted molar refractivity (Wildman–Crippen MR) is 132 cm³/mol. The summed E-state index contributed by atoms with van der Waals surface area (Å²) in [5.74, 6) is 2.84. The van der Waals surface area contributed by atoms with Gasteiger partial charge in [0.1, 0.15) is 5.75 Å². The summed E-state index contributed by atoms with van der Waals surface area (Å²) in [6.45, 7) is 0.868. The largest absolute Gasteiger partial charge is 0.493 e. The number of ether oxygens (including phenoxy) is 4. The second-order valence-electron chi connectivity index (χ2n) is 8.68. The van der Waals surface area contributed by atoms with Gasteiger partial charge in [0.2, 0.25) is 5.75 Å². The first-order valence-electron chi connectivity index (χ1n) is 11.6. The lowest BCUT2D eigenvalue weighted by Crippen LogP contribution is -2.44. The Morgan fingerprint density at radius 1 is 0.765 bits per heavy atom. The van der Waals surface area contributed by atoms with Crippen molar-refractivity contribution in [3.63, 3.8) is 0 Å². The van der Waals surface area contributed by atoms with Crippen LogP contribution in [-0.4, -0.2) is 32.8 Å². The van der Waals surface area contributed by atoms with Crippen molar-refractivity contribution >= 4 is 10.8 Å². The van der Waals surface area contributed by atoms with E-state index in [0.29, 0.717) is 17.2 Å². The summed E-state index contributed by atoms with van der Waals surface area (Å²) >= 11 is 0. The number of hydrogen-bond acceptors (Lipinski definition) is 5. The van der Waals surface area contributed by atoms with Crippen LogP contribution in [0.4, 0.5) is 0 Å². The Morgan fingerprint density at radius 3 is 2.38 bits per heavy atom. The van der Waals surface area contributed by atoms with Gasteiger partial charge in [0.15, 0.2) is 17.7 Å². The van der Waals surface area contributed by atoms with Crippen molar-refractivity contribution in [2.75, 3.05) is 27.9 Å². The first-order valence-corrected chi connectivity index (χ1v) is 11.6. The quantitative estimate of drug-likeness (QED) is 0.385. The molecule has 0 radical (unpaired) electrons. The molecule has 2 aliphatic heterocycles. The molecule has 0 bridgehead atoms. The maximum absolute atomic E-state index is 6.73. The lowest BCUT2D eigenvalue weighted by molar-refractivity contribution is -0.0265. The predicted octanol–water partition coefficient (Wildman–Crippen LogP) is 5.90. The summed E-state index contributed by atoms with van der Waals surface area (Å²) in [6.07, 6.45) is 0.781. The molecule has 2 atom stereocenters. The van der Waals surface area contributed by atoms with Crippen LogP contribution in [-0.2, 0) is 6.42 Å². The van der Waals surface area contributed by atoms with Gasteiger partial charge in [0, 0.05) is 23.2 Å². The zero-order chi connectivity index (χ0) is 23.2. The van der Waals surface area contributed by atoms with Crippen LogP contribution >= 0.6 is 0 Å². The van der Waals surface area contributed by atoms with E-state index in [1.807, 2.05) is 6.07 Å². The first kappa shape index (κ1) is 20.9. The fraction of sp³-hybridized carbons (Fsp3) is 0.241. The van der Waals surface area contributed by atoms with E-state index in [1.54, 1.807) is 21.3 Å². The zero-order valence-electron chi connectivity index (χ0n) is 19.6. The maximum Gasteiger partial charge on any atom is 0.203 e. The Balaban J connectivity index is 1.64. The molecule has 0 amide bonds. The van der Waals surface area contributed by atoms with Crippen LogP contribution in [0.1, 0.15) is 34.5 Å². The maximum atomic E-state index is 6.73. The van der Waals surface area contributed by atoms with Crippen LogP contribution in [0.2, 0.25) is 0 Å². The molecule has 0 fully saturated rings. The molecule has 172 valence electrons. The molecular weight excluding hydrogens is 426 g/mol. The van der Waals surface area contributed by atoms with E-state index in [4.69, 9.17) is 18.9 Å². The Hall–Kier alpha value is -3.70. The van der Waals surface area contributed by atoms with Crippen molar-refractivity contribution < 1.29 is 18.9 Å². The van der Waals surface area contributed by atoms with Crippen LogP contribution in [0, 0.1) is 0 Å². The molecule has 6 rings (SSSR count). The molecule has 0 N–H and O–H groups in total. The van der Waals surface area contributed by atoms with Gasteiger partial charge in [0.05, 0.1) is 27.4 Å². The lowest BCUT2D eigenvalue weighted by atomic mass is 9.86. The molecule has 0 aromatic heterocycles. The van der Waals surface area contributed by atoms with Crippen molar-refractivity contribution in [2.24, 2.45) is 0 Å². The zero-order valence-corrected chi connectivity index (χ0v) is 19.6. The van der Waals surface area contributed by atoms with E-state index in [-0.39, 0.29) is 12.3 Å². The Bertz CT molecular complexity index is 1380. The van der Waals surface area contributed by atoms with Gasteiger partial charge >= 0.3 is 0 Å². The van der Waals surface area contributed by atoms with Crippen LogP contribution < -0.4 is 18.9 Å². The number of hydrogen-bond donors (Lipinski definition) is 0. The standard InChI is InChI=1S/C29H27NO4/c1-31-24-15-13-22(27(32-2)28(24)33-3)26-25-20-10-6-4-8-18(20)12-14-23(25)34-29-21-11-7-5-9-19(21)16-17-30(26)29/h4-15,26,29H,16-17H2,1-3H3. The molecule has 0 saturated carbocycles. The average molecular weight is 454 g/mol. The summed E-state index contributed by atoms with van der Waals surface area (Å²) in [6, 6.07) is 25.3. The summed E-state index contributed by atoms with van der Waals surface area (Å²) in [5, 5.41) is 2.37. The van der Waals surface area contributed by atoms with Gasteiger partial charge in [0.25, 0.3) is 0 Å². The van der Waals surface area contributed by atoms with Crippen molar-refractivity contribution in [1.29, 1.82) is 0 Å². The second kappa shape index (κ2) is 8.26. The number of benzene rings is 4. The topological polar surface area (TPSA) is 40.2 Å². The van der Waals surface area contributed by atoms with Gasteiger partial charge < -0.3 is 18.9 Å². The minimum atomic E-state index is -0.179. The number of rotatable bonds is 4. The molecule has 4 aromatic carbocycles. The number of fused-ring (bicyclic) bond motifs is 6. The monoisotopic (exact) mass is 453 g/mol. The van der Waals surface area contributed by atoms with E-state index in [0.717, 1.165) is 29.8 Å². The highest BCUT2D eigenvalue weighted by molar-refractivity contribution is 5.89. The number of nitrogens with zero attached hydrogens (tertiary/aromatic N) is 1. The molecule has 0 aliphatic carbocycles. The SMILES string of the molecule is COc1ccc(C2c3c(ccc4ccccc34)OC3c4ccccc4CCN32)c(OC)c1OC. The minimum absolute atomic E-state index is 0.0806. The molecule has 34 heavy (non-hydrogen) atoms. The molecule has 5 nitrogen and oxygen atoms in total. The highest BCUT2D eigenvalue weighted by atomic mass is 16.5. The highest BCUT2D eigenvalue weighted by Crippen LogP contribution is 2.53. The average Bonchev–Trinajstić information content (AvgIpc) is 2.90. The van der Waals surface area contributed by atoms with Crippen LogP contribution in [0.25, 0.3) is 10.8 Å². The third-order valence-electron chi connectivity index (χ3n) is 7.07. The fourth-order valence-electron chi connectivity index (χ4n) is 5.56. The second-order valence-corrected chi connectivity index (χ2v) is 8.68. The van der Waals surface area contributed by atoms with E-state index >= 15 is 0 Å². The van der Waals surface area contributed by atoms with Crippen LogP contribution in [0.5, 0.6) is 23.0 Å². The molecule has 2 unspecified atom stereocenters. The van der Waals surface area contributed by atoms with Crippen molar-refractivity contribution in [3.05, 3.63) is 95.1 Å². The Morgan fingerprint density at radius 2 is 1.56 bits per heavy atom. The molecule has 2 aliphatic rings. The normalized spacial score (nSPS) is 18.9. The summed E-state index contributed by atoms with van der Waals surface area (Å²) in [5.41, 5.74) is 4.74. The van der Waals surface area contributed by atoms with Gasteiger partial charge in [-0.25, -0.2) is 0 Å². The fourth-order valence-corrected chi connectivity index (χ4v) is 5.56. The van der Waals surface area contributed by atoms with Gasteiger partial charge in [-0.15, -0.1) is 0 Å². The molecule has 0 spiro atoms. The summed E-state index contributed by atoms with van der Waals surface area (Å²) in [7, 11) is 4.98. The molecule has 4 aromatic rings. The molecule has 2 heterocycles. The van der Waals surface area contributed by atoms with Gasteiger partial charge in [-0.05, 0) is 41.0 Å². The van der Waals surface area contributed by atoms with E-state index < -0.39 is 0 Å². The van der Waals surface area contributed by atoms with Gasteiger partial charge in [-0.1, -0.05) is 54.6 Å². The lowest BCUT2D eigenvalue weighted by Gasteiger charge is -2.46. The molecule has 5 heteroatoms. The third-order valence-corrected chi connectivity index (χ3v) is 7.07. The van der Waals surface area contributed by atoms with Crippen molar-refractivity contribution in [2.45, 2.75) is 18.7 Å². The van der Waals surface area contributed by atoms with Crippen molar-refractivity contribution in [1.82, 2.24) is 4.90 Å². The Labute approximate surface area is 199 Å². The van der Waals surface area contributed by atoms with Crippen LogP contribution in [0.3, 0.4) is 0 Å². The number of methoxy groups -OCH3 is 3.